The largest absolute Gasteiger partial charge is 0.327 e. The minimum atomic E-state index is 0.232. The summed E-state index contributed by atoms with van der Waals surface area (Å²) in [7, 11) is 0. The van der Waals surface area contributed by atoms with E-state index in [0.29, 0.717) is 12.0 Å². The Labute approximate surface area is 105 Å². The van der Waals surface area contributed by atoms with Crippen LogP contribution in [-0.4, -0.2) is 15.8 Å². The van der Waals surface area contributed by atoms with Crippen LogP contribution in [-0.2, 0) is 6.42 Å². The molecule has 2 N–H and O–H groups in total. The van der Waals surface area contributed by atoms with Gasteiger partial charge in [0.1, 0.15) is 0 Å². The van der Waals surface area contributed by atoms with Crippen LogP contribution in [0.1, 0.15) is 58.7 Å². The summed E-state index contributed by atoms with van der Waals surface area (Å²) in [5, 5.41) is 4.60. The summed E-state index contributed by atoms with van der Waals surface area (Å²) in [5.41, 5.74) is 7.33. The first kappa shape index (κ1) is 14.2. The molecule has 1 rings (SSSR count). The average Bonchev–Trinajstić information content (AvgIpc) is 2.76. The first-order valence-corrected chi connectivity index (χ1v) is 6.88. The fraction of sp³-hybridized carbons (Fsp3) is 0.786. The quantitative estimate of drug-likeness (QED) is 0.791. The van der Waals surface area contributed by atoms with E-state index in [2.05, 4.69) is 45.1 Å². The van der Waals surface area contributed by atoms with E-state index in [4.69, 9.17) is 5.73 Å². The van der Waals surface area contributed by atoms with Crippen LogP contribution in [0.5, 0.6) is 0 Å². The molecule has 0 saturated heterocycles. The predicted molar refractivity (Wildman–Crippen MR) is 73.0 cm³/mol. The smallest absolute Gasteiger partial charge is 0.0640 e. The Bertz CT molecular complexity index is 319. The van der Waals surface area contributed by atoms with Gasteiger partial charge in [0.2, 0.25) is 0 Å². The molecule has 3 atom stereocenters. The highest BCUT2D eigenvalue weighted by Crippen LogP contribution is 2.14. The predicted octanol–water partition coefficient (Wildman–Crippen LogP) is 3.16. The van der Waals surface area contributed by atoms with Gasteiger partial charge in [-0.3, -0.25) is 4.68 Å². The van der Waals surface area contributed by atoms with Crippen LogP contribution in [0, 0.1) is 5.92 Å². The normalized spacial score (nSPS) is 16.8. The van der Waals surface area contributed by atoms with E-state index in [1.165, 1.54) is 12.8 Å². The third-order valence-corrected chi connectivity index (χ3v) is 3.63. The fourth-order valence-corrected chi connectivity index (χ4v) is 2.03. The second kappa shape index (κ2) is 6.80. The molecule has 0 bridgehead atoms. The van der Waals surface area contributed by atoms with Gasteiger partial charge in [-0.2, -0.15) is 5.10 Å². The van der Waals surface area contributed by atoms with Crippen LogP contribution >= 0.6 is 0 Å². The molecule has 3 nitrogen and oxygen atoms in total. The summed E-state index contributed by atoms with van der Waals surface area (Å²) in [4.78, 5) is 0. The Morgan fingerprint density at radius 2 is 2.06 bits per heavy atom. The maximum absolute atomic E-state index is 6.20. The van der Waals surface area contributed by atoms with Crippen molar-refractivity contribution in [3.8, 4) is 0 Å². The molecule has 0 aromatic carbocycles. The van der Waals surface area contributed by atoms with Gasteiger partial charge in [-0.25, -0.2) is 0 Å². The Morgan fingerprint density at radius 3 is 2.65 bits per heavy atom. The molecule has 98 valence electrons. The molecule has 3 unspecified atom stereocenters. The number of nitrogens with zero attached hydrogens (tertiary/aromatic N) is 2. The molecule has 17 heavy (non-hydrogen) atoms. The van der Waals surface area contributed by atoms with Gasteiger partial charge < -0.3 is 5.73 Å². The van der Waals surface area contributed by atoms with Gasteiger partial charge in [0, 0.05) is 24.7 Å². The fourth-order valence-electron chi connectivity index (χ4n) is 2.03. The summed E-state index contributed by atoms with van der Waals surface area (Å²) >= 11 is 0. The Hall–Kier alpha value is -0.830. The number of hydrogen-bond acceptors (Lipinski definition) is 2. The molecule has 1 heterocycles. The lowest BCUT2D eigenvalue weighted by Crippen LogP contribution is -2.30. The Kier molecular flexibility index (Phi) is 5.69. The standard InChI is InChI=1S/C14H27N3/c1-5-7-11(3)14(15)10-13-8-9-17(16-13)12(4)6-2/h8-9,11-12,14H,5-7,10,15H2,1-4H3. The first-order chi connectivity index (χ1) is 8.08. The van der Waals surface area contributed by atoms with E-state index in [-0.39, 0.29) is 6.04 Å². The van der Waals surface area contributed by atoms with Crippen LogP contribution in [0.3, 0.4) is 0 Å². The molecule has 0 aliphatic rings. The monoisotopic (exact) mass is 237 g/mol. The summed E-state index contributed by atoms with van der Waals surface area (Å²) in [6.07, 6.45) is 6.48. The summed E-state index contributed by atoms with van der Waals surface area (Å²) in [6.45, 7) is 8.82. The molecule has 3 heteroatoms. The highest BCUT2D eigenvalue weighted by atomic mass is 15.3. The minimum absolute atomic E-state index is 0.232. The minimum Gasteiger partial charge on any atom is -0.327 e. The molecule has 0 amide bonds. The van der Waals surface area contributed by atoms with E-state index in [0.717, 1.165) is 18.5 Å². The van der Waals surface area contributed by atoms with Crippen LogP contribution in [0.25, 0.3) is 0 Å². The molecule has 0 aliphatic heterocycles. The zero-order chi connectivity index (χ0) is 12.8. The van der Waals surface area contributed by atoms with Crippen molar-refractivity contribution in [2.75, 3.05) is 0 Å². The van der Waals surface area contributed by atoms with E-state index < -0.39 is 0 Å². The molecule has 1 aromatic heterocycles. The lowest BCUT2D eigenvalue weighted by atomic mass is 9.94. The summed E-state index contributed by atoms with van der Waals surface area (Å²) in [6, 6.07) is 2.81. The van der Waals surface area contributed by atoms with Gasteiger partial charge in [-0.05, 0) is 31.7 Å². The van der Waals surface area contributed by atoms with Gasteiger partial charge in [0.15, 0.2) is 0 Å². The second-order valence-electron chi connectivity index (χ2n) is 5.18. The van der Waals surface area contributed by atoms with Crippen LogP contribution < -0.4 is 5.73 Å². The molecule has 0 fully saturated rings. The molecule has 0 radical (unpaired) electrons. The third kappa shape index (κ3) is 4.15. The zero-order valence-corrected chi connectivity index (χ0v) is 11.7. The average molecular weight is 237 g/mol. The maximum atomic E-state index is 6.20. The number of aromatic nitrogens is 2. The third-order valence-electron chi connectivity index (χ3n) is 3.63. The lowest BCUT2D eigenvalue weighted by molar-refractivity contribution is 0.412. The Morgan fingerprint density at radius 1 is 1.35 bits per heavy atom. The van der Waals surface area contributed by atoms with Gasteiger partial charge in [-0.1, -0.05) is 27.2 Å². The molecule has 0 spiro atoms. The molecule has 1 aromatic rings. The van der Waals surface area contributed by atoms with Gasteiger partial charge in [0.05, 0.1) is 5.69 Å². The van der Waals surface area contributed by atoms with E-state index in [9.17, 15) is 0 Å². The summed E-state index contributed by atoms with van der Waals surface area (Å²) < 4.78 is 2.05. The highest BCUT2D eigenvalue weighted by Gasteiger charge is 2.14. The van der Waals surface area contributed by atoms with Crippen molar-refractivity contribution in [3.05, 3.63) is 18.0 Å². The van der Waals surface area contributed by atoms with Gasteiger partial charge in [-0.15, -0.1) is 0 Å². The van der Waals surface area contributed by atoms with Crippen LogP contribution in [0.4, 0.5) is 0 Å². The molecule has 0 saturated carbocycles. The highest BCUT2D eigenvalue weighted by molar-refractivity contribution is 5.02. The molecular formula is C14H27N3. The number of hydrogen-bond donors (Lipinski definition) is 1. The summed E-state index contributed by atoms with van der Waals surface area (Å²) in [5.74, 6) is 0.578. The van der Waals surface area contributed by atoms with Gasteiger partial charge >= 0.3 is 0 Å². The molecule has 0 aliphatic carbocycles. The maximum Gasteiger partial charge on any atom is 0.0640 e. The number of nitrogens with two attached hydrogens (primary N) is 1. The van der Waals surface area contributed by atoms with E-state index in [1.54, 1.807) is 0 Å². The van der Waals surface area contributed by atoms with Gasteiger partial charge in [0.25, 0.3) is 0 Å². The first-order valence-electron chi connectivity index (χ1n) is 6.88. The second-order valence-corrected chi connectivity index (χ2v) is 5.18. The number of rotatable bonds is 7. The van der Waals surface area contributed by atoms with Crippen LogP contribution in [0.2, 0.25) is 0 Å². The van der Waals surface area contributed by atoms with E-state index >= 15 is 0 Å². The van der Waals surface area contributed by atoms with Crippen LogP contribution in [0.15, 0.2) is 12.3 Å². The zero-order valence-electron chi connectivity index (χ0n) is 11.7. The van der Waals surface area contributed by atoms with Crippen molar-refractivity contribution in [1.82, 2.24) is 9.78 Å². The van der Waals surface area contributed by atoms with Crippen molar-refractivity contribution < 1.29 is 0 Å². The van der Waals surface area contributed by atoms with Crippen molar-refractivity contribution >= 4 is 0 Å². The van der Waals surface area contributed by atoms with Crippen molar-refractivity contribution in [2.45, 2.75) is 65.5 Å². The van der Waals surface area contributed by atoms with Crippen molar-refractivity contribution in [1.29, 1.82) is 0 Å². The van der Waals surface area contributed by atoms with Crippen molar-refractivity contribution in [3.63, 3.8) is 0 Å². The molecular weight excluding hydrogens is 210 g/mol. The topological polar surface area (TPSA) is 43.8 Å². The van der Waals surface area contributed by atoms with E-state index in [1.807, 2.05) is 4.68 Å². The Balaban J connectivity index is 2.54. The lowest BCUT2D eigenvalue weighted by Gasteiger charge is -2.18. The SMILES string of the molecule is CCCC(C)C(N)Cc1ccn(C(C)CC)n1. The van der Waals surface area contributed by atoms with Crippen molar-refractivity contribution in [2.24, 2.45) is 11.7 Å².